The zero-order valence-electron chi connectivity index (χ0n) is 10.2. The van der Waals surface area contributed by atoms with E-state index in [-0.39, 0.29) is 0 Å². The summed E-state index contributed by atoms with van der Waals surface area (Å²) in [7, 11) is -11.4. The Kier molecular flexibility index (Phi) is 4.52. The first-order valence-corrected chi connectivity index (χ1v) is 7.80. The third-order valence-electron chi connectivity index (χ3n) is 2.06. The van der Waals surface area contributed by atoms with E-state index in [1.54, 1.807) is 0 Å². The average molecular weight is 421 g/mol. The van der Waals surface area contributed by atoms with Crippen LogP contribution in [-0.4, -0.2) is 10.2 Å². The van der Waals surface area contributed by atoms with Gasteiger partial charge in [-0.3, -0.25) is 0 Å². The summed E-state index contributed by atoms with van der Waals surface area (Å²) in [5, 5.41) is 0. The van der Waals surface area contributed by atoms with Crippen LogP contribution in [0.3, 0.4) is 0 Å². The Labute approximate surface area is 126 Å². The lowest BCUT2D eigenvalue weighted by atomic mass is 10.2. The molecular formula is C8F13NS2. The van der Waals surface area contributed by atoms with Gasteiger partial charge < -0.3 is 0 Å². The van der Waals surface area contributed by atoms with Crippen LogP contribution >= 0.6 is 21.5 Å². The zero-order valence-corrected chi connectivity index (χ0v) is 11.8. The van der Waals surface area contributed by atoms with Gasteiger partial charge in [-0.15, -0.1) is 7.77 Å². The van der Waals surface area contributed by atoms with E-state index in [1.165, 1.54) is 4.99 Å². The van der Waals surface area contributed by atoms with Crippen LogP contribution in [0.1, 0.15) is 0 Å². The van der Waals surface area contributed by atoms with Crippen molar-refractivity contribution in [3.63, 3.8) is 0 Å². The summed E-state index contributed by atoms with van der Waals surface area (Å²) in [5.41, 5.74) is -2.69. The van der Waals surface area contributed by atoms with Gasteiger partial charge in [0.25, 0.3) is 0 Å². The molecule has 0 atom stereocenters. The Balaban J connectivity index is 3.80. The van der Waals surface area contributed by atoms with Crippen LogP contribution in [0.4, 0.5) is 59.2 Å². The van der Waals surface area contributed by atoms with Gasteiger partial charge in [0.1, 0.15) is 5.69 Å². The molecule has 0 aliphatic rings. The molecule has 0 aliphatic carbocycles. The highest BCUT2D eigenvalue weighted by Crippen LogP contribution is 2.99. The highest BCUT2D eigenvalue weighted by atomic mass is 32.5. The first kappa shape index (κ1) is 20.6. The topological polar surface area (TPSA) is 12.4 Å². The Bertz CT molecular complexity index is 745. The Hall–Kier alpha value is -1.45. The van der Waals surface area contributed by atoms with Gasteiger partial charge in [0, 0.05) is 0 Å². The van der Waals surface area contributed by atoms with Gasteiger partial charge in [-0.25, -0.2) is 26.9 Å². The van der Waals surface area contributed by atoms with E-state index in [2.05, 4.69) is 0 Å². The molecule has 0 bridgehead atoms. The summed E-state index contributed by atoms with van der Waals surface area (Å²) < 4.78 is 159. The summed E-state index contributed by atoms with van der Waals surface area (Å²) >= 11 is -5.55. The summed E-state index contributed by atoms with van der Waals surface area (Å²) in [6.07, 6.45) is 0. The number of rotatable bonds is 2. The summed E-state index contributed by atoms with van der Waals surface area (Å²) in [4.78, 5) is 1.47. The Morgan fingerprint density at radius 2 is 1.04 bits per heavy atom. The van der Waals surface area contributed by atoms with Gasteiger partial charge in [-0.1, -0.05) is 19.4 Å². The van der Waals surface area contributed by atoms with Crippen LogP contribution in [0.2, 0.25) is 0 Å². The molecule has 0 fully saturated rings. The zero-order chi connectivity index (χ0) is 19.3. The van der Waals surface area contributed by atoms with Crippen molar-refractivity contribution in [1.29, 1.82) is 0 Å². The van der Waals surface area contributed by atoms with Crippen molar-refractivity contribution in [2.75, 3.05) is 0 Å². The van der Waals surface area contributed by atoms with Gasteiger partial charge in [0.05, 0.1) is 0 Å². The second-order valence-electron chi connectivity index (χ2n) is 3.79. The van der Waals surface area contributed by atoms with Gasteiger partial charge >= 0.3 is 10.2 Å². The lowest BCUT2D eigenvalue weighted by Crippen LogP contribution is -2.25. The van der Waals surface area contributed by atoms with Crippen LogP contribution in [0, 0.1) is 29.1 Å². The van der Waals surface area contributed by atoms with Gasteiger partial charge in [0.15, 0.2) is 34.5 Å². The maximum atomic E-state index is 13.1. The third kappa shape index (κ3) is 3.96. The van der Waals surface area contributed by atoms with Crippen molar-refractivity contribution >= 4 is 37.3 Å². The van der Waals surface area contributed by atoms with Gasteiger partial charge in [-0.2, -0.15) is 4.39 Å². The molecule has 1 rings (SSSR count). The average Bonchev–Trinajstić information content (AvgIpc) is 2.35. The van der Waals surface area contributed by atoms with E-state index in [9.17, 15) is 53.5 Å². The number of hydrogen-bond donors (Lipinski definition) is 0. The molecule has 0 unspecified atom stereocenters. The van der Waals surface area contributed by atoms with E-state index in [0.29, 0.717) is 0 Å². The molecule has 0 saturated carbocycles. The summed E-state index contributed by atoms with van der Waals surface area (Å²) in [5.74, 6) is -18.3. The first-order chi connectivity index (χ1) is 10.4. The summed E-state index contributed by atoms with van der Waals surface area (Å²) in [6.45, 7) is 0. The fourth-order valence-electron chi connectivity index (χ4n) is 1.18. The smallest absolute Gasteiger partial charge is 0.212 e. The van der Waals surface area contributed by atoms with E-state index < -0.39 is 66.4 Å². The fraction of sp³-hybridized carbons (Fsp3) is 0. The molecular weight excluding hydrogens is 421 g/mol. The van der Waals surface area contributed by atoms with E-state index in [1.807, 2.05) is 0 Å². The fourth-order valence-corrected chi connectivity index (χ4v) is 2.67. The lowest BCUT2D eigenvalue weighted by molar-refractivity contribution is 0.380. The third-order valence-corrected chi connectivity index (χ3v) is 4.70. The number of halogens is 13. The number of aliphatic imine (C=N–C) groups is 1. The van der Waals surface area contributed by atoms with Crippen molar-refractivity contribution in [2.24, 2.45) is 4.99 Å². The van der Waals surface area contributed by atoms with E-state index >= 15 is 0 Å². The van der Waals surface area contributed by atoms with Gasteiger partial charge in [-0.05, 0) is 0 Å². The second kappa shape index (κ2) is 5.27. The van der Waals surface area contributed by atoms with Crippen LogP contribution in [0.25, 0.3) is 0 Å². The summed E-state index contributed by atoms with van der Waals surface area (Å²) in [6, 6.07) is 0. The van der Waals surface area contributed by atoms with Crippen molar-refractivity contribution in [1.82, 2.24) is 0 Å². The monoisotopic (exact) mass is 421 g/mol. The minimum atomic E-state index is -11.4. The highest BCUT2D eigenvalue weighted by Gasteiger charge is 2.72. The Morgan fingerprint density at radius 1 is 0.708 bits per heavy atom. The first-order valence-electron chi connectivity index (χ1n) is 4.82. The highest BCUT2D eigenvalue weighted by molar-refractivity contribution is 8.63. The molecule has 24 heavy (non-hydrogen) atoms. The van der Waals surface area contributed by atoms with Crippen molar-refractivity contribution in [3.05, 3.63) is 29.1 Å². The molecule has 1 nitrogen and oxygen atoms in total. The molecule has 0 radical (unpaired) electrons. The molecule has 140 valence electrons. The molecule has 0 spiro atoms. The SMILES string of the molecule is FC(=Nc1c(F)c(F)c(F)c(F)c1F)C(=S(F)F)S(F)(F)(F)(F)F. The standard InChI is InChI=1S/C8F13NS2/c9-1-2(10)4(12)6(5(13)3(1)11)22-7(14)8(23(15)16)24(17,18,19,20)21. The molecule has 1 aromatic rings. The molecule has 0 aliphatic heterocycles. The van der Waals surface area contributed by atoms with Crippen LogP contribution in [-0.2, 0) is 0 Å². The number of hydrogen-bond acceptors (Lipinski definition) is 1. The van der Waals surface area contributed by atoms with Crippen molar-refractivity contribution < 1.29 is 53.5 Å². The predicted molar refractivity (Wildman–Crippen MR) is 62.4 cm³/mol. The van der Waals surface area contributed by atoms with E-state index in [0.717, 1.165) is 0 Å². The molecule has 0 N–H and O–H groups in total. The molecule has 0 saturated heterocycles. The Morgan fingerprint density at radius 3 is 1.33 bits per heavy atom. The molecule has 0 amide bonds. The lowest BCUT2D eigenvalue weighted by Gasteiger charge is -2.39. The maximum absolute atomic E-state index is 13.1. The van der Waals surface area contributed by atoms with E-state index in [4.69, 9.17) is 0 Å². The van der Waals surface area contributed by atoms with Gasteiger partial charge in [0.2, 0.25) is 16.0 Å². The van der Waals surface area contributed by atoms with Crippen molar-refractivity contribution in [3.8, 4) is 0 Å². The maximum Gasteiger partial charge on any atom is 0.324 e. The number of benzene rings is 1. The predicted octanol–water partition coefficient (Wildman–Crippen LogP) is 6.85. The normalized spacial score (nSPS) is 16.2. The van der Waals surface area contributed by atoms with Crippen LogP contribution in [0.15, 0.2) is 4.99 Å². The largest absolute Gasteiger partial charge is 0.324 e. The molecule has 1 aromatic carbocycles. The molecule has 0 heterocycles. The molecule has 16 heteroatoms. The minimum Gasteiger partial charge on any atom is -0.212 e. The van der Waals surface area contributed by atoms with Crippen LogP contribution in [0.5, 0.6) is 0 Å². The number of nitrogens with zero attached hydrogens (tertiary/aromatic N) is 1. The van der Waals surface area contributed by atoms with Crippen LogP contribution < -0.4 is 0 Å². The quantitative estimate of drug-likeness (QED) is 0.163. The van der Waals surface area contributed by atoms with Crippen molar-refractivity contribution in [2.45, 2.75) is 0 Å². The molecule has 0 aromatic heterocycles. The second-order valence-corrected chi connectivity index (χ2v) is 7.23. The minimum absolute atomic E-state index is 1.47.